The molecule has 4 heteroatoms. The molecule has 2 aromatic rings. The SMILES string of the molecule is O=C1C=C[C@H]2[C@@H](c3ccc4c(c3)OCO4)C[C@@H]1[NH+]2Cc1ccccc1. The lowest BCUT2D eigenvalue weighted by molar-refractivity contribution is -0.935. The standard InChI is InChI=1S/C21H19NO3/c23-19-8-7-17-16(15-6-9-20-21(10-15)25-13-24-20)11-18(19)22(17)12-14-4-2-1-3-5-14/h1-10,16-18H,11-13H2/p+1/t16-,17+,18+/m1/s1. The van der Waals surface area contributed by atoms with Crippen LogP contribution in [0.25, 0.3) is 0 Å². The summed E-state index contributed by atoms with van der Waals surface area (Å²) in [6.45, 7) is 1.17. The molecule has 0 aromatic heterocycles. The van der Waals surface area contributed by atoms with Crippen molar-refractivity contribution in [2.24, 2.45) is 0 Å². The van der Waals surface area contributed by atoms with Crippen LogP contribution >= 0.6 is 0 Å². The number of carbonyl (C=O) groups is 1. The molecule has 4 atom stereocenters. The molecule has 0 saturated carbocycles. The van der Waals surface area contributed by atoms with Crippen LogP contribution in [0.3, 0.4) is 0 Å². The molecule has 3 heterocycles. The average Bonchev–Trinajstić information content (AvgIpc) is 3.20. The predicted molar refractivity (Wildman–Crippen MR) is 92.8 cm³/mol. The fourth-order valence-electron chi connectivity index (χ4n) is 4.47. The lowest BCUT2D eigenvalue weighted by Crippen LogP contribution is -3.17. The first-order valence-electron chi connectivity index (χ1n) is 8.81. The van der Waals surface area contributed by atoms with Crippen LogP contribution < -0.4 is 14.4 Å². The van der Waals surface area contributed by atoms with Crippen molar-refractivity contribution in [1.82, 2.24) is 0 Å². The zero-order valence-electron chi connectivity index (χ0n) is 13.9. The van der Waals surface area contributed by atoms with Crippen molar-refractivity contribution in [1.29, 1.82) is 0 Å². The van der Waals surface area contributed by atoms with Gasteiger partial charge in [0.25, 0.3) is 0 Å². The quantitative estimate of drug-likeness (QED) is 0.931. The molecule has 4 nitrogen and oxygen atoms in total. The molecular formula is C21H20NO3+. The average molecular weight is 334 g/mol. The smallest absolute Gasteiger partial charge is 0.231 e. The van der Waals surface area contributed by atoms with E-state index in [-0.39, 0.29) is 11.8 Å². The van der Waals surface area contributed by atoms with Gasteiger partial charge in [-0.2, -0.15) is 0 Å². The number of fused-ring (bicyclic) bond motifs is 3. The van der Waals surface area contributed by atoms with Gasteiger partial charge in [0.15, 0.2) is 17.5 Å². The Balaban J connectivity index is 1.47. The first kappa shape index (κ1) is 14.7. The number of carbonyl (C=O) groups excluding carboxylic acids is 1. The number of rotatable bonds is 3. The predicted octanol–water partition coefficient (Wildman–Crippen LogP) is 1.86. The molecule has 1 unspecified atom stereocenters. The van der Waals surface area contributed by atoms with Crippen LogP contribution in [0.2, 0.25) is 0 Å². The van der Waals surface area contributed by atoms with Gasteiger partial charge in [0, 0.05) is 17.9 Å². The zero-order valence-corrected chi connectivity index (χ0v) is 13.9. The van der Waals surface area contributed by atoms with E-state index in [2.05, 4.69) is 42.5 Å². The van der Waals surface area contributed by atoms with E-state index in [4.69, 9.17) is 9.47 Å². The van der Waals surface area contributed by atoms with E-state index in [9.17, 15) is 4.79 Å². The van der Waals surface area contributed by atoms with Gasteiger partial charge >= 0.3 is 0 Å². The van der Waals surface area contributed by atoms with E-state index in [1.165, 1.54) is 16.0 Å². The number of ketones is 1. The zero-order chi connectivity index (χ0) is 16.8. The van der Waals surface area contributed by atoms with Crippen LogP contribution in [-0.4, -0.2) is 24.7 Å². The molecule has 1 N–H and O–H groups in total. The Morgan fingerprint density at radius 3 is 2.76 bits per heavy atom. The van der Waals surface area contributed by atoms with Crippen molar-refractivity contribution in [3.63, 3.8) is 0 Å². The Hall–Kier alpha value is -2.59. The van der Waals surface area contributed by atoms with Crippen molar-refractivity contribution < 1.29 is 19.2 Å². The van der Waals surface area contributed by atoms with Gasteiger partial charge in [0.2, 0.25) is 12.6 Å². The van der Waals surface area contributed by atoms with Gasteiger partial charge in [-0.25, -0.2) is 0 Å². The summed E-state index contributed by atoms with van der Waals surface area (Å²) in [5.74, 6) is 2.22. The van der Waals surface area contributed by atoms with Crippen LogP contribution in [0.15, 0.2) is 60.7 Å². The molecule has 0 aliphatic carbocycles. The highest BCUT2D eigenvalue weighted by molar-refractivity contribution is 5.94. The van der Waals surface area contributed by atoms with Crippen LogP contribution in [0, 0.1) is 0 Å². The molecule has 5 rings (SSSR count). The Morgan fingerprint density at radius 1 is 1.04 bits per heavy atom. The van der Waals surface area contributed by atoms with Crippen LogP contribution in [0.5, 0.6) is 11.5 Å². The number of benzene rings is 2. The van der Waals surface area contributed by atoms with Gasteiger partial charge in [0.05, 0.1) is 0 Å². The second kappa shape index (κ2) is 5.74. The second-order valence-corrected chi connectivity index (χ2v) is 7.03. The lowest BCUT2D eigenvalue weighted by atomic mass is 9.91. The van der Waals surface area contributed by atoms with Gasteiger partial charge in [-0.1, -0.05) is 36.4 Å². The Kier molecular flexibility index (Phi) is 3.38. The number of nitrogens with one attached hydrogen (secondary N) is 1. The highest BCUT2D eigenvalue weighted by Crippen LogP contribution is 2.38. The summed E-state index contributed by atoms with van der Waals surface area (Å²) in [5.41, 5.74) is 2.52. The third-order valence-corrected chi connectivity index (χ3v) is 5.69. The molecule has 126 valence electrons. The third-order valence-electron chi connectivity index (χ3n) is 5.69. The van der Waals surface area contributed by atoms with Gasteiger partial charge in [0.1, 0.15) is 12.6 Å². The summed E-state index contributed by atoms with van der Waals surface area (Å²) in [6, 6.07) is 17.0. The molecule has 1 fully saturated rings. The minimum atomic E-state index is 0.0469. The van der Waals surface area contributed by atoms with Crippen molar-refractivity contribution >= 4 is 5.78 Å². The number of ether oxygens (including phenoxy) is 2. The van der Waals surface area contributed by atoms with E-state index in [0.29, 0.717) is 18.8 Å². The summed E-state index contributed by atoms with van der Waals surface area (Å²) < 4.78 is 11.0. The maximum absolute atomic E-state index is 12.5. The third kappa shape index (κ3) is 2.45. The number of hydrogen-bond acceptors (Lipinski definition) is 3. The largest absolute Gasteiger partial charge is 0.454 e. The Labute approximate surface area is 146 Å². The molecule has 3 aliphatic rings. The maximum atomic E-state index is 12.5. The number of hydrogen-bond donors (Lipinski definition) is 1. The van der Waals surface area contributed by atoms with Crippen LogP contribution in [0.1, 0.15) is 23.5 Å². The van der Waals surface area contributed by atoms with Crippen molar-refractivity contribution in [2.45, 2.75) is 31.0 Å². The summed E-state index contributed by atoms with van der Waals surface area (Å²) in [4.78, 5) is 13.8. The molecule has 2 bridgehead atoms. The fraction of sp³-hybridized carbons (Fsp3) is 0.286. The second-order valence-electron chi connectivity index (χ2n) is 7.03. The molecule has 0 radical (unpaired) electrons. The fourth-order valence-corrected chi connectivity index (χ4v) is 4.47. The monoisotopic (exact) mass is 334 g/mol. The van der Waals surface area contributed by atoms with E-state index < -0.39 is 0 Å². The summed E-state index contributed by atoms with van der Waals surface area (Å²) >= 11 is 0. The van der Waals surface area contributed by atoms with Crippen LogP contribution in [0.4, 0.5) is 0 Å². The molecule has 25 heavy (non-hydrogen) atoms. The van der Waals surface area contributed by atoms with Gasteiger partial charge in [-0.3, -0.25) is 4.79 Å². The summed E-state index contributed by atoms with van der Waals surface area (Å²) in [5, 5.41) is 0. The molecular weight excluding hydrogens is 314 g/mol. The lowest BCUT2D eigenvalue weighted by Gasteiger charge is -2.28. The van der Waals surface area contributed by atoms with Gasteiger partial charge in [-0.15, -0.1) is 0 Å². The molecule has 0 amide bonds. The number of quaternary nitrogens is 1. The van der Waals surface area contributed by atoms with E-state index in [0.717, 1.165) is 24.5 Å². The Morgan fingerprint density at radius 2 is 1.88 bits per heavy atom. The highest BCUT2D eigenvalue weighted by Gasteiger charge is 2.49. The van der Waals surface area contributed by atoms with E-state index in [1.807, 2.05) is 12.1 Å². The van der Waals surface area contributed by atoms with Gasteiger partial charge in [-0.05, 0) is 29.8 Å². The first-order valence-corrected chi connectivity index (χ1v) is 8.81. The highest BCUT2D eigenvalue weighted by atomic mass is 16.7. The molecule has 2 aromatic carbocycles. The Bertz CT molecular complexity index is 845. The molecule has 1 saturated heterocycles. The van der Waals surface area contributed by atoms with E-state index in [1.54, 1.807) is 6.08 Å². The maximum Gasteiger partial charge on any atom is 0.231 e. The summed E-state index contributed by atoms with van der Waals surface area (Å²) in [7, 11) is 0. The van der Waals surface area contributed by atoms with E-state index >= 15 is 0 Å². The molecule has 3 aliphatic heterocycles. The topological polar surface area (TPSA) is 40.0 Å². The normalized spacial score (nSPS) is 29.2. The van der Waals surface area contributed by atoms with Crippen molar-refractivity contribution in [2.75, 3.05) is 6.79 Å². The van der Waals surface area contributed by atoms with Crippen molar-refractivity contribution in [3.8, 4) is 11.5 Å². The molecule has 0 spiro atoms. The summed E-state index contributed by atoms with van der Waals surface area (Å²) in [6.07, 6.45) is 4.79. The minimum Gasteiger partial charge on any atom is -0.454 e. The van der Waals surface area contributed by atoms with Gasteiger partial charge < -0.3 is 14.4 Å². The van der Waals surface area contributed by atoms with Crippen molar-refractivity contribution in [3.05, 3.63) is 71.8 Å². The van der Waals surface area contributed by atoms with Crippen LogP contribution in [-0.2, 0) is 11.3 Å². The minimum absolute atomic E-state index is 0.0469. The first-order chi connectivity index (χ1) is 12.3.